The lowest BCUT2D eigenvalue weighted by Gasteiger charge is -2.29. The van der Waals surface area contributed by atoms with E-state index in [-0.39, 0.29) is 9.77 Å². The molecule has 0 aliphatic carbocycles. The van der Waals surface area contributed by atoms with Crippen LogP contribution in [-0.4, -0.2) is 45.0 Å². The highest BCUT2D eigenvalue weighted by molar-refractivity contribution is 7.89. The Hall–Kier alpha value is -1.22. The Morgan fingerprint density at radius 2 is 2.27 bits per heavy atom. The quantitative estimate of drug-likeness (QED) is 0.876. The van der Waals surface area contributed by atoms with Crippen molar-refractivity contribution in [2.24, 2.45) is 5.92 Å². The van der Waals surface area contributed by atoms with Crippen LogP contribution in [0, 0.1) is 5.92 Å². The maximum Gasteiger partial charge on any atom is 0.305 e. The van der Waals surface area contributed by atoms with Crippen LogP contribution in [0.25, 0.3) is 10.2 Å². The fourth-order valence-electron chi connectivity index (χ4n) is 2.84. The lowest BCUT2D eigenvalue weighted by molar-refractivity contribution is 0.211. The van der Waals surface area contributed by atoms with Crippen LogP contribution in [0.5, 0.6) is 0 Å². The summed E-state index contributed by atoms with van der Waals surface area (Å²) in [5.41, 5.74) is 0.669. The van der Waals surface area contributed by atoms with E-state index >= 15 is 0 Å². The number of aromatic nitrogens is 1. The summed E-state index contributed by atoms with van der Waals surface area (Å²) in [6.45, 7) is 2.45. The van der Waals surface area contributed by atoms with E-state index in [2.05, 4.69) is 21.7 Å². The van der Waals surface area contributed by atoms with Crippen molar-refractivity contribution in [3.05, 3.63) is 27.9 Å². The average Bonchev–Trinajstić information content (AvgIpc) is 2.84. The van der Waals surface area contributed by atoms with Crippen molar-refractivity contribution in [3.63, 3.8) is 0 Å². The van der Waals surface area contributed by atoms with E-state index in [1.807, 2.05) is 0 Å². The molecule has 1 aliphatic heterocycles. The summed E-state index contributed by atoms with van der Waals surface area (Å²) in [5, 5.41) is 0. The molecular weight excluding hydrogens is 322 g/mol. The summed E-state index contributed by atoms with van der Waals surface area (Å²) in [4.78, 5) is 16.2. The van der Waals surface area contributed by atoms with Crippen molar-refractivity contribution in [2.45, 2.75) is 17.7 Å². The number of rotatable bonds is 4. The SMILES string of the molecule is CN1CCC[C@@H](CNS(=O)(=O)c2ccc3[nH]c(=O)sc3c2)C1. The number of piperidine rings is 1. The van der Waals surface area contributed by atoms with Gasteiger partial charge in [0.2, 0.25) is 10.0 Å². The molecule has 2 heterocycles. The summed E-state index contributed by atoms with van der Waals surface area (Å²) in [6.07, 6.45) is 2.15. The first-order valence-corrected chi connectivity index (χ1v) is 9.55. The van der Waals surface area contributed by atoms with Gasteiger partial charge in [0.05, 0.1) is 15.1 Å². The molecule has 0 amide bonds. The second-order valence-electron chi connectivity index (χ2n) is 5.79. The van der Waals surface area contributed by atoms with Crippen molar-refractivity contribution in [3.8, 4) is 0 Å². The summed E-state index contributed by atoms with van der Waals surface area (Å²) in [5.74, 6) is 0.348. The standard InChI is InChI=1S/C14H19N3O3S2/c1-17-6-2-3-10(9-17)8-15-22(19,20)11-4-5-12-13(7-11)21-14(18)16-12/h4-5,7,10,15H,2-3,6,8-9H2,1H3,(H,16,18)/t10-/m0/s1. The van der Waals surface area contributed by atoms with Gasteiger partial charge in [0, 0.05) is 13.1 Å². The number of nitrogens with zero attached hydrogens (tertiary/aromatic N) is 1. The second-order valence-corrected chi connectivity index (χ2v) is 8.58. The van der Waals surface area contributed by atoms with Crippen molar-refractivity contribution >= 4 is 31.6 Å². The third kappa shape index (κ3) is 3.40. The Balaban J connectivity index is 1.74. The molecule has 120 valence electrons. The van der Waals surface area contributed by atoms with Crippen LogP contribution in [0.15, 0.2) is 27.9 Å². The van der Waals surface area contributed by atoms with Crippen LogP contribution < -0.4 is 9.60 Å². The van der Waals surface area contributed by atoms with Gasteiger partial charge in [-0.25, -0.2) is 13.1 Å². The van der Waals surface area contributed by atoms with E-state index in [9.17, 15) is 13.2 Å². The van der Waals surface area contributed by atoms with Crippen molar-refractivity contribution in [2.75, 3.05) is 26.7 Å². The third-order valence-corrected chi connectivity index (χ3v) is 6.25. The van der Waals surface area contributed by atoms with E-state index in [0.717, 1.165) is 37.3 Å². The highest BCUT2D eigenvalue weighted by Crippen LogP contribution is 2.20. The summed E-state index contributed by atoms with van der Waals surface area (Å²) < 4.78 is 28.2. The van der Waals surface area contributed by atoms with Crippen LogP contribution >= 0.6 is 11.3 Å². The zero-order valence-corrected chi connectivity index (χ0v) is 14.0. The number of aromatic amines is 1. The first kappa shape index (κ1) is 15.7. The van der Waals surface area contributed by atoms with Gasteiger partial charge >= 0.3 is 4.87 Å². The lowest BCUT2D eigenvalue weighted by Crippen LogP contribution is -2.39. The van der Waals surface area contributed by atoms with E-state index in [1.165, 1.54) is 6.07 Å². The van der Waals surface area contributed by atoms with Gasteiger partial charge in [-0.1, -0.05) is 11.3 Å². The Morgan fingerprint density at radius 1 is 1.45 bits per heavy atom. The van der Waals surface area contributed by atoms with Gasteiger partial charge in [0.15, 0.2) is 0 Å². The molecule has 1 aromatic heterocycles. The zero-order chi connectivity index (χ0) is 15.7. The van der Waals surface area contributed by atoms with E-state index in [1.54, 1.807) is 12.1 Å². The first-order valence-electron chi connectivity index (χ1n) is 7.25. The number of thiazole rings is 1. The van der Waals surface area contributed by atoms with E-state index in [0.29, 0.717) is 22.7 Å². The average molecular weight is 341 g/mol. The van der Waals surface area contributed by atoms with Gasteiger partial charge in [0.25, 0.3) is 0 Å². The number of benzene rings is 1. The smallest absolute Gasteiger partial charge is 0.305 e. The predicted molar refractivity (Wildman–Crippen MR) is 87.9 cm³/mol. The number of sulfonamides is 1. The minimum Gasteiger partial charge on any atom is -0.312 e. The van der Waals surface area contributed by atoms with Crippen LogP contribution in [0.2, 0.25) is 0 Å². The molecule has 3 rings (SSSR count). The number of fused-ring (bicyclic) bond motifs is 1. The Bertz CT molecular complexity index is 825. The number of nitrogens with one attached hydrogen (secondary N) is 2. The molecule has 8 heteroatoms. The molecule has 0 unspecified atom stereocenters. The Morgan fingerprint density at radius 3 is 3.05 bits per heavy atom. The highest BCUT2D eigenvalue weighted by atomic mass is 32.2. The maximum absolute atomic E-state index is 12.4. The third-order valence-electron chi connectivity index (χ3n) is 3.99. The molecule has 1 saturated heterocycles. The maximum atomic E-state index is 12.4. The number of likely N-dealkylation sites (tertiary alicyclic amines) is 1. The molecule has 2 N–H and O–H groups in total. The second kappa shape index (κ2) is 6.11. The minimum atomic E-state index is -3.54. The Kier molecular flexibility index (Phi) is 4.35. The normalized spacial score (nSPS) is 20.5. The number of H-pyrrole nitrogens is 1. The topological polar surface area (TPSA) is 82.3 Å². The van der Waals surface area contributed by atoms with Crippen molar-refractivity contribution in [1.29, 1.82) is 0 Å². The first-order chi connectivity index (χ1) is 10.4. The molecule has 1 fully saturated rings. The van der Waals surface area contributed by atoms with Gasteiger partial charge in [-0.05, 0) is 50.6 Å². The van der Waals surface area contributed by atoms with Crippen LogP contribution in [0.3, 0.4) is 0 Å². The van der Waals surface area contributed by atoms with Crippen LogP contribution in [0.1, 0.15) is 12.8 Å². The molecule has 0 radical (unpaired) electrons. The van der Waals surface area contributed by atoms with Gasteiger partial charge in [-0.15, -0.1) is 0 Å². The molecular formula is C14H19N3O3S2. The largest absolute Gasteiger partial charge is 0.312 e. The fraction of sp³-hybridized carbons (Fsp3) is 0.500. The fourth-order valence-corrected chi connectivity index (χ4v) is 4.84. The molecule has 1 atom stereocenters. The van der Waals surface area contributed by atoms with Gasteiger partial charge < -0.3 is 9.88 Å². The van der Waals surface area contributed by atoms with Gasteiger partial charge in [-0.2, -0.15) is 0 Å². The highest BCUT2D eigenvalue weighted by Gasteiger charge is 2.21. The molecule has 22 heavy (non-hydrogen) atoms. The minimum absolute atomic E-state index is 0.178. The molecule has 1 aliphatic rings. The molecule has 0 spiro atoms. The van der Waals surface area contributed by atoms with Crippen LogP contribution in [0.4, 0.5) is 0 Å². The van der Waals surface area contributed by atoms with E-state index in [4.69, 9.17) is 0 Å². The summed E-state index contributed by atoms with van der Waals surface area (Å²) in [6, 6.07) is 4.71. The summed E-state index contributed by atoms with van der Waals surface area (Å²) in [7, 11) is -1.48. The zero-order valence-electron chi connectivity index (χ0n) is 12.3. The van der Waals surface area contributed by atoms with Gasteiger partial charge in [-0.3, -0.25) is 4.79 Å². The van der Waals surface area contributed by atoms with Crippen LogP contribution in [-0.2, 0) is 10.0 Å². The molecule has 6 nitrogen and oxygen atoms in total. The lowest BCUT2D eigenvalue weighted by atomic mass is 9.99. The number of hydrogen-bond donors (Lipinski definition) is 2. The monoisotopic (exact) mass is 341 g/mol. The van der Waals surface area contributed by atoms with E-state index < -0.39 is 10.0 Å². The molecule has 0 saturated carbocycles. The number of hydrogen-bond acceptors (Lipinski definition) is 5. The summed E-state index contributed by atoms with van der Waals surface area (Å²) >= 11 is 1.02. The van der Waals surface area contributed by atoms with Crippen molar-refractivity contribution < 1.29 is 8.42 Å². The molecule has 0 bridgehead atoms. The molecule has 2 aromatic rings. The van der Waals surface area contributed by atoms with Crippen molar-refractivity contribution in [1.82, 2.24) is 14.6 Å². The predicted octanol–water partition coefficient (Wildman–Crippen LogP) is 1.21. The van der Waals surface area contributed by atoms with Gasteiger partial charge in [0.1, 0.15) is 0 Å². The molecule has 1 aromatic carbocycles. The Labute approximate surface area is 133 Å².